The fourth-order valence-electron chi connectivity index (χ4n) is 1.34. The maximum absolute atomic E-state index is 5.15. The summed E-state index contributed by atoms with van der Waals surface area (Å²) in [7, 11) is 3.76. The molecule has 0 radical (unpaired) electrons. The first kappa shape index (κ1) is 10.8. The second-order valence-electron chi connectivity index (χ2n) is 3.78. The number of likely N-dealkylation sites (N-methyl/N-ethyl adjacent to an activating group) is 1. The molecule has 86 valence electrons. The molecule has 0 saturated carbocycles. The standard InChI is InChI=1S/C10H15N5O/c1-7(11-2)6-9-12-10(14-16-9)8-4-5-15(3)13-8/h4-5,7,11H,6H2,1-3H3. The van der Waals surface area contributed by atoms with E-state index < -0.39 is 0 Å². The molecule has 0 aliphatic heterocycles. The van der Waals surface area contributed by atoms with Crippen LogP contribution in [-0.4, -0.2) is 33.0 Å². The van der Waals surface area contributed by atoms with Crippen molar-refractivity contribution < 1.29 is 4.52 Å². The molecule has 0 aliphatic carbocycles. The van der Waals surface area contributed by atoms with Crippen LogP contribution in [0.3, 0.4) is 0 Å². The summed E-state index contributed by atoms with van der Waals surface area (Å²) in [5.41, 5.74) is 0.731. The number of nitrogens with one attached hydrogen (secondary N) is 1. The molecule has 6 nitrogen and oxygen atoms in total. The van der Waals surface area contributed by atoms with Crippen molar-refractivity contribution in [2.45, 2.75) is 19.4 Å². The molecule has 0 saturated heterocycles. The Morgan fingerprint density at radius 2 is 2.38 bits per heavy atom. The minimum atomic E-state index is 0.317. The molecule has 2 aromatic rings. The lowest BCUT2D eigenvalue weighted by atomic mass is 10.2. The lowest BCUT2D eigenvalue weighted by Gasteiger charge is -2.04. The van der Waals surface area contributed by atoms with Gasteiger partial charge in [0.1, 0.15) is 5.69 Å². The van der Waals surface area contributed by atoms with Gasteiger partial charge in [0.05, 0.1) is 0 Å². The molecule has 2 rings (SSSR count). The van der Waals surface area contributed by atoms with Crippen LogP contribution in [0, 0.1) is 0 Å². The van der Waals surface area contributed by atoms with E-state index in [2.05, 4.69) is 27.5 Å². The number of hydrogen-bond donors (Lipinski definition) is 1. The summed E-state index contributed by atoms with van der Waals surface area (Å²) in [5, 5.41) is 11.2. The topological polar surface area (TPSA) is 68.8 Å². The molecule has 0 fully saturated rings. The highest BCUT2D eigenvalue weighted by atomic mass is 16.5. The second-order valence-corrected chi connectivity index (χ2v) is 3.78. The number of nitrogens with zero attached hydrogens (tertiary/aromatic N) is 4. The third-order valence-corrected chi connectivity index (χ3v) is 2.38. The van der Waals surface area contributed by atoms with E-state index in [1.807, 2.05) is 26.4 Å². The molecule has 1 unspecified atom stereocenters. The molecule has 1 N–H and O–H groups in total. The van der Waals surface area contributed by atoms with Crippen LogP contribution < -0.4 is 5.32 Å². The maximum atomic E-state index is 5.15. The predicted molar refractivity (Wildman–Crippen MR) is 58.7 cm³/mol. The number of aryl methyl sites for hydroxylation is 1. The number of aromatic nitrogens is 4. The predicted octanol–water partition coefficient (Wildman–Crippen LogP) is 0.620. The smallest absolute Gasteiger partial charge is 0.228 e. The number of rotatable bonds is 4. The molecule has 0 aliphatic rings. The van der Waals surface area contributed by atoms with Gasteiger partial charge >= 0.3 is 0 Å². The molecule has 6 heteroatoms. The van der Waals surface area contributed by atoms with Crippen molar-refractivity contribution in [1.29, 1.82) is 0 Å². The molecular weight excluding hydrogens is 206 g/mol. The summed E-state index contributed by atoms with van der Waals surface area (Å²) in [6.45, 7) is 2.06. The largest absolute Gasteiger partial charge is 0.339 e. The van der Waals surface area contributed by atoms with Crippen LogP contribution in [0.4, 0.5) is 0 Å². The molecule has 0 spiro atoms. The zero-order valence-electron chi connectivity index (χ0n) is 9.64. The van der Waals surface area contributed by atoms with Crippen LogP contribution in [0.2, 0.25) is 0 Å². The Labute approximate surface area is 93.7 Å². The Kier molecular flexibility index (Phi) is 3.00. The third-order valence-electron chi connectivity index (χ3n) is 2.38. The molecule has 2 heterocycles. The quantitative estimate of drug-likeness (QED) is 0.819. The van der Waals surface area contributed by atoms with Crippen LogP contribution in [0.15, 0.2) is 16.8 Å². The first-order valence-corrected chi connectivity index (χ1v) is 5.19. The molecule has 1 atom stereocenters. The lowest BCUT2D eigenvalue weighted by Crippen LogP contribution is -2.23. The highest BCUT2D eigenvalue weighted by Crippen LogP contribution is 2.12. The summed E-state index contributed by atoms with van der Waals surface area (Å²) < 4.78 is 6.86. The van der Waals surface area contributed by atoms with E-state index in [4.69, 9.17) is 4.52 Å². The fraction of sp³-hybridized carbons (Fsp3) is 0.500. The Hall–Kier alpha value is -1.69. The van der Waals surface area contributed by atoms with Crippen LogP contribution in [-0.2, 0) is 13.5 Å². The van der Waals surface area contributed by atoms with Gasteiger partial charge in [-0.2, -0.15) is 10.1 Å². The van der Waals surface area contributed by atoms with Gasteiger partial charge in [0, 0.05) is 25.7 Å². The summed E-state index contributed by atoms with van der Waals surface area (Å²) >= 11 is 0. The normalized spacial score (nSPS) is 12.9. The molecule has 0 amide bonds. The summed E-state index contributed by atoms with van der Waals surface area (Å²) in [5.74, 6) is 1.17. The summed E-state index contributed by atoms with van der Waals surface area (Å²) in [6, 6.07) is 2.17. The van der Waals surface area contributed by atoms with Crippen LogP contribution in [0.1, 0.15) is 12.8 Å². The van der Waals surface area contributed by atoms with Crippen molar-refractivity contribution in [2.24, 2.45) is 7.05 Å². The zero-order chi connectivity index (χ0) is 11.5. The number of hydrogen-bond acceptors (Lipinski definition) is 5. The van der Waals surface area contributed by atoms with E-state index in [-0.39, 0.29) is 0 Å². The van der Waals surface area contributed by atoms with Gasteiger partial charge in [-0.25, -0.2) is 0 Å². The van der Waals surface area contributed by atoms with Crippen molar-refractivity contribution in [1.82, 2.24) is 25.2 Å². The van der Waals surface area contributed by atoms with Gasteiger partial charge in [0.25, 0.3) is 0 Å². The Morgan fingerprint density at radius 3 is 3.00 bits per heavy atom. The van der Waals surface area contributed by atoms with Gasteiger partial charge < -0.3 is 9.84 Å². The van der Waals surface area contributed by atoms with Gasteiger partial charge in [0.2, 0.25) is 11.7 Å². The summed E-state index contributed by atoms with van der Waals surface area (Å²) in [6.07, 6.45) is 2.57. The SMILES string of the molecule is CNC(C)Cc1nc(-c2ccn(C)n2)no1. The summed E-state index contributed by atoms with van der Waals surface area (Å²) in [4.78, 5) is 4.29. The monoisotopic (exact) mass is 221 g/mol. The van der Waals surface area contributed by atoms with E-state index >= 15 is 0 Å². The first-order valence-electron chi connectivity index (χ1n) is 5.19. The van der Waals surface area contributed by atoms with E-state index in [9.17, 15) is 0 Å². The highest BCUT2D eigenvalue weighted by Gasteiger charge is 2.12. The maximum Gasteiger partial charge on any atom is 0.228 e. The van der Waals surface area contributed by atoms with Crippen molar-refractivity contribution in [3.63, 3.8) is 0 Å². The minimum absolute atomic E-state index is 0.317. The van der Waals surface area contributed by atoms with Crippen molar-refractivity contribution in [3.8, 4) is 11.5 Å². The van der Waals surface area contributed by atoms with Gasteiger partial charge in [0.15, 0.2) is 0 Å². The third kappa shape index (κ3) is 2.27. The second kappa shape index (κ2) is 4.44. The average molecular weight is 221 g/mol. The van der Waals surface area contributed by atoms with Gasteiger partial charge in [-0.1, -0.05) is 5.16 Å². The fourth-order valence-corrected chi connectivity index (χ4v) is 1.34. The van der Waals surface area contributed by atoms with E-state index in [0.717, 1.165) is 12.1 Å². The lowest BCUT2D eigenvalue weighted by molar-refractivity contribution is 0.365. The van der Waals surface area contributed by atoms with E-state index in [1.165, 1.54) is 0 Å². The average Bonchev–Trinajstić information content (AvgIpc) is 2.87. The first-order chi connectivity index (χ1) is 7.69. The molecular formula is C10H15N5O. The van der Waals surface area contributed by atoms with E-state index in [0.29, 0.717) is 17.8 Å². The van der Waals surface area contributed by atoms with Gasteiger partial charge in [-0.05, 0) is 20.0 Å². The van der Waals surface area contributed by atoms with Crippen LogP contribution in [0.25, 0.3) is 11.5 Å². The van der Waals surface area contributed by atoms with Crippen molar-refractivity contribution >= 4 is 0 Å². The molecule has 16 heavy (non-hydrogen) atoms. The molecule has 0 bridgehead atoms. The molecule has 0 aromatic carbocycles. The Morgan fingerprint density at radius 1 is 1.56 bits per heavy atom. The van der Waals surface area contributed by atoms with Crippen molar-refractivity contribution in [3.05, 3.63) is 18.2 Å². The Bertz CT molecular complexity index is 461. The Balaban J connectivity index is 2.13. The zero-order valence-corrected chi connectivity index (χ0v) is 9.64. The van der Waals surface area contributed by atoms with Crippen LogP contribution in [0.5, 0.6) is 0 Å². The molecule has 2 aromatic heterocycles. The van der Waals surface area contributed by atoms with Crippen molar-refractivity contribution in [2.75, 3.05) is 7.05 Å². The van der Waals surface area contributed by atoms with Crippen LogP contribution >= 0.6 is 0 Å². The van der Waals surface area contributed by atoms with E-state index in [1.54, 1.807) is 4.68 Å². The van der Waals surface area contributed by atoms with Gasteiger partial charge in [-0.15, -0.1) is 0 Å². The van der Waals surface area contributed by atoms with Gasteiger partial charge in [-0.3, -0.25) is 4.68 Å². The minimum Gasteiger partial charge on any atom is -0.339 e. The highest BCUT2D eigenvalue weighted by molar-refractivity contribution is 5.46.